The van der Waals surface area contributed by atoms with Gasteiger partial charge in [0.25, 0.3) is 0 Å². The van der Waals surface area contributed by atoms with Crippen LogP contribution in [0.1, 0.15) is 16.7 Å². The quantitative estimate of drug-likeness (QED) is 0.920. The maximum Gasteiger partial charge on any atom is 0.0991 e. The standard InChI is InChI=1S/C15H13BrN2/c1-11-4-2-7-14(15(11)16)18-10-13-6-3-5-12(8-13)9-17/h2-8,18H,10H2,1H3. The Balaban J connectivity index is 2.12. The second-order valence-corrected chi connectivity index (χ2v) is 4.90. The predicted molar refractivity (Wildman–Crippen MR) is 77.4 cm³/mol. The summed E-state index contributed by atoms with van der Waals surface area (Å²) >= 11 is 3.57. The monoisotopic (exact) mass is 300 g/mol. The second-order valence-electron chi connectivity index (χ2n) is 4.10. The maximum absolute atomic E-state index is 8.85. The van der Waals surface area contributed by atoms with E-state index in [1.54, 1.807) is 0 Å². The molecule has 0 fully saturated rings. The molecule has 2 rings (SSSR count). The number of nitrogens with zero attached hydrogens (tertiary/aromatic N) is 1. The number of aryl methyl sites for hydroxylation is 1. The van der Waals surface area contributed by atoms with Gasteiger partial charge in [-0.2, -0.15) is 5.26 Å². The molecule has 1 N–H and O–H groups in total. The Morgan fingerprint density at radius 3 is 2.78 bits per heavy atom. The van der Waals surface area contributed by atoms with E-state index in [1.807, 2.05) is 36.4 Å². The van der Waals surface area contributed by atoms with Crippen molar-refractivity contribution in [2.75, 3.05) is 5.32 Å². The fourth-order valence-electron chi connectivity index (χ4n) is 1.73. The van der Waals surface area contributed by atoms with E-state index in [4.69, 9.17) is 5.26 Å². The van der Waals surface area contributed by atoms with Crippen molar-refractivity contribution in [3.8, 4) is 6.07 Å². The largest absolute Gasteiger partial charge is 0.380 e. The van der Waals surface area contributed by atoms with Crippen molar-refractivity contribution in [2.45, 2.75) is 13.5 Å². The summed E-state index contributed by atoms with van der Waals surface area (Å²) in [5.41, 5.74) is 4.06. The summed E-state index contributed by atoms with van der Waals surface area (Å²) in [4.78, 5) is 0. The van der Waals surface area contributed by atoms with Crippen LogP contribution in [-0.4, -0.2) is 0 Å². The molecule has 0 heterocycles. The van der Waals surface area contributed by atoms with Gasteiger partial charge in [0.1, 0.15) is 0 Å². The van der Waals surface area contributed by atoms with Gasteiger partial charge in [-0.05, 0) is 52.2 Å². The zero-order chi connectivity index (χ0) is 13.0. The number of anilines is 1. The molecule has 0 atom stereocenters. The molecule has 0 aliphatic carbocycles. The van der Waals surface area contributed by atoms with Crippen molar-refractivity contribution in [3.05, 3.63) is 63.6 Å². The molecule has 0 aliphatic rings. The molecule has 0 aliphatic heterocycles. The minimum absolute atomic E-state index is 0.692. The second kappa shape index (κ2) is 5.70. The van der Waals surface area contributed by atoms with Crippen LogP contribution in [0.2, 0.25) is 0 Å². The van der Waals surface area contributed by atoms with Gasteiger partial charge in [-0.25, -0.2) is 0 Å². The van der Waals surface area contributed by atoms with E-state index in [-0.39, 0.29) is 0 Å². The number of hydrogen-bond donors (Lipinski definition) is 1. The van der Waals surface area contributed by atoms with Gasteiger partial charge < -0.3 is 5.32 Å². The molecule has 0 amide bonds. The molecular weight excluding hydrogens is 288 g/mol. The highest BCUT2D eigenvalue weighted by atomic mass is 79.9. The minimum atomic E-state index is 0.692. The van der Waals surface area contributed by atoms with Crippen LogP contribution in [0.15, 0.2) is 46.9 Å². The van der Waals surface area contributed by atoms with Gasteiger partial charge in [0.2, 0.25) is 0 Å². The van der Waals surface area contributed by atoms with Gasteiger partial charge >= 0.3 is 0 Å². The number of benzene rings is 2. The first-order valence-electron chi connectivity index (χ1n) is 5.69. The molecule has 0 saturated heterocycles. The summed E-state index contributed by atoms with van der Waals surface area (Å²) in [6.07, 6.45) is 0. The number of rotatable bonds is 3. The molecule has 2 nitrogen and oxygen atoms in total. The molecule has 2 aromatic carbocycles. The van der Waals surface area contributed by atoms with Crippen LogP contribution in [0.4, 0.5) is 5.69 Å². The molecular formula is C15H13BrN2. The summed E-state index contributed by atoms with van der Waals surface area (Å²) in [6, 6.07) is 15.9. The third kappa shape index (κ3) is 2.91. The summed E-state index contributed by atoms with van der Waals surface area (Å²) in [6.45, 7) is 2.77. The van der Waals surface area contributed by atoms with Crippen molar-refractivity contribution in [1.82, 2.24) is 0 Å². The number of nitrogens with one attached hydrogen (secondary N) is 1. The van der Waals surface area contributed by atoms with E-state index in [0.717, 1.165) is 15.7 Å². The van der Waals surface area contributed by atoms with Crippen molar-refractivity contribution in [2.24, 2.45) is 0 Å². The molecule has 3 heteroatoms. The summed E-state index contributed by atoms with van der Waals surface area (Å²) in [5, 5.41) is 12.2. The smallest absolute Gasteiger partial charge is 0.0991 e. The summed E-state index contributed by atoms with van der Waals surface area (Å²) < 4.78 is 1.08. The first-order chi connectivity index (χ1) is 8.70. The molecule has 0 aromatic heterocycles. The normalized spacial score (nSPS) is 9.83. The van der Waals surface area contributed by atoms with Gasteiger partial charge in [0.05, 0.1) is 11.6 Å². The Morgan fingerprint density at radius 2 is 2.00 bits per heavy atom. The van der Waals surface area contributed by atoms with Crippen LogP contribution in [0.3, 0.4) is 0 Å². The van der Waals surface area contributed by atoms with Gasteiger partial charge in [0.15, 0.2) is 0 Å². The average Bonchev–Trinajstić information content (AvgIpc) is 2.41. The van der Waals surface area contributed by atoms with Gasteiger partial charge in [-0.1, -0.05) is 24.3 Å². The predicted octanol–water partition coefficient (Wildman–Crippen LogP) is 4.24. The lowest BCUT2D eigenvalue weighted by molar-refractivity contribution is 1.14. The van der Waals surface area contributed by atoms with Crippen molar-refractivity contribution in [3.63, 3.8) is 0 Å². The van der Waals surface area contributed by atoms with Crippen LogP contribution in [0, 0.1) is 18.3 Å². The Morgan fingerprint density at radius 1 is 1.22 bits per heavy atom. The molecule has 2 aromatic rings. The topological polar surface area (TPSA) is 35.8 Å². The van der Waals surface area contributed by atoms with Crippen LogP contribution >= 0.6 is 15.9 Å². The average molecular weight is 301 g/mol. The fourth-order valence-corrected chi connectivity index (χ4v) is 2.14. The van der Waals surface area contributed by atoms with Crippen LogP contribution in [-0.2, 0) is 6.54 Å². The molecule has 0 saturated carbocycles. The molecule has 0 spiro atoms. The molecule has 0 unspecified atom stereocenters. The SMILES string of the molecule is Cc1cccc(NCc2cccc(C#N)c2)c1Br. The van der Waals surface area contributed by atoms with Crippen LogP contribution in [0.25, 0.3) is 0 Å². The zero-order valence-electron chi connectivity index (χ0n) is 10.1. The van der Waals surface area contributed by atoms with E-state index in [0.29, 0.717) is 12.1 Å². The van der Waals surface area contributed by atoms with Crippen LogP contribution in [0.5, 0.6) is 0 Å². The first-order valence-corrected chi connectivity index (χ1v) is 6.48. The minimum Gasteiger partial charge on any atom is -0.380 e. The summed E-state index contributed by atoms with van der Waals surface area (Å²) in [5.74, 6) is 0. The zero-order valence-corrected chi connectivity index (χ0v) is 11.7. The van der Waals surface area contributed by atoms with Crippen LogP contribution < -0.4 is 5.32 Å². The number of nitriles is 1. The molecule has 0 bridgehead atoms. The lowest BCUT2D eigenvalue weighted by Crippen LogP contribution is -2.00. The van der Waals surface area contributed by atoms with E-state index >= 15 is 0 Å². The highest BCUT2D eigenvalue weighted by molar-refractivity contribution is 9.10. The molecule has 90 valence electrons. The number of halogens is 1. The molecule has 18 heavy (non-hydrogen) atoms. The van der Waals surface area contributed by atoms with Crippen molar-refractivity contribution >= 4 is 21.6 Å². The number of hydrogen-bond acceptors (Lipinski definition) is 2. The third-order valence-corrected chi connectivity index (χ3v) is 3.78. The fraction of sp³-hybridized carbons (Fsp3) is 0.133. The summed E-state index contributed by atoms with van der Waals surface area (Å²) in [7, 11) is 0. The first kappa shape index (κ1) is 12.7. The Hall–Kier alpha value is -1.79. The maximum atomic E-state index is 8.85. The highest BCUT2D eigenvalue weighted by Crippen LogP contribution is 2.26. The van der Waals surface area contributed by atoms with Gasteiger partial charge in [0, 0.05) is 16.7 Å². The van der Waals surface area contributed by atoms with E-state index in [1.165, 1.54) is 5.56 Å². The van der Waals surface area contributed by atoms with Crippen molar-refractivity contribution < 1.29 is 0 Å². The Bertz CT molecular complexity index is 600. The Labute approximate surface area is 115 Å². The van der Waals surface area contributed by atoms with E-state index in [2.05, 4.69) is 40.3 Å². The van der Waals surface area contributed by atoms with Crippen molar-refractivity contribution in [1.29, 1.82) is 5.26 Å². The molecule has 0 radical (unpaired) electrons. The third-order valence-electron chi connectivity index (χ3n) is 2.73. The van der Waals surface area contributed by atoms with E-state index in [9.17, 15) is 0 Å². The van der Waals surface area contributed by atoms with E-state index < -0.39 is 0 Å². The highest BCUT2D eigenvalue weighted by Gasteiger charge is 2.02. The van der Waals surface area contributed by atoms with Gasteiger partial charge in [-0.3, -0.25) is 0 Å². The lowest BCUT2D eigenvalue weighted by Gasteiger charge is -2.10. The lowest BCUT2D eigenvalue weighted by atomic mass is 10.1. The Kier molecular flexibility index (Phi) is 4.01. The van der Waals surface area contributed by atoms with Gasteiger partial charge in [-0.15, -0.1) is 0 Å².